The molecule has 0 radical (unpaired) electrons. The van der Waals surface area contributed by atoms with Crippen molar-refractivity contribution in [2.45, 2.75) is 6.54 Å². The quantitative estimate of drug-likeness (QED) is 0.292. The van der Waals surface area contributed by atoms with E-state index in [4.69, 9.17) is 9.84 Å². The molecule has 170 valence electrons. The molecule has 1 heterocycles. The van der Waals surface area contributed by atoms with Gasteiger partial charge in [-0.2, -0.15) is 9.90 Å². The normalized spacial score (nSPS) is 10.8. The highest BCUT2D eigenvalue weighted by Gasteiger charge is 2.08. The lowest BCUT2D eigenvalue weighted by Crippen LogP contribution is -2.17. The van der Waals surface area contributed by atoms with E-state index in [2.05, 4.69) is 25.9 Å². The smallest absolute Gasteiger partial charge is 0.341 e. The van der Waals surface area contributed by atoms with Crippen LogP contribution < -0.4 is 10.2 Å². The first-order valence-corrected chi connectivity index (χ1v) is 10.3. The molecule has 10 heteroatoms. The summed E-state index contributed by atoms with van der Waals surface area (Å²) in [4.78, 5) is 24.3. The number of hydrazone groups is 1. The van der Waals surface area contributed by atoms with E-state index in [0.717, 1.165) is 11.1 Å². The number of carboxylic acid groups (broad SMARTS) is 1. The predicted molar refractivity (Wildman–Crippen MR) is 123 cm³/mol. The molecule has 0 atom stereocenters. The van der Waals surface area contributed by atoms with Crippen molar-refractivity contribution in [1.29, 1.82) is 0 Å². The fourth-order valence-electron chi connectivity index (χ4n) is 2.96. The second kappa shape index (κ2) is 10.6. The molecule has 0 aliphatic rings. The number of nitrogens with zero attached hydrogens (tertiary/aromatic N) is 5. The summed E-state index contributed by atoms with van der Waals surface area (Å²) in [6.45, 7) is 0.0123. The number of hydrogen-bond donors (Lipinski definition) is 2. The van der Waals surface area contributed by atoms with E-state index < -0.39 is 12.6 Å². The topological polar surface area (TPSA) is 132 Å². The Morgan fingerprint density at radius 1 is 1.00 bits per heavy atom. The molecule has 0 saturated heterocycles. The highest BCUT2D eigenvalue weighted by Crippen LogP contribution is 2.13. The number of hydrogen-bond acceptors (Lipinski definition) is 7. The molecular weight excluding hydrogens is 436 g/mol. The van der Waals surface area contributed by atoms with Crippen molar-refractivity contribution in [2.75, 3.05) is 6.61 Å². The standard InChI is InChI=1S/C24H20N6O4/c31-22(32)16-34-21-12-8-17(9-13-21)14-25-27-24(33)20-10-6-18(7-11-20)15-30-28-23(26-29-30)19-4-2-1-3-5-19/h1-14H,15-16H2,(H,27,33)(H,31,32)/b25-14+. The molecule has 2 N–H and O–H groups in total. The molecular formula is C24H20N6O4. The molecule has 0 aliphatic heterocycles. The van der Waals surface area contributed by atoms with Crippen molar-refractivity contribution in [3.05, 3.63) is 95.6 Å². The largest absolute Gasteiger partial charge is 0.482 e. The second-order valence-corrected chi connectivity index (χ2v) is 7.16. The molecule has 3 aromatic carbocycles. The highest BCUT2D eigenvalue weighted by atomic mass is 16.5. The average Bonchev–Trinajstić information content (AvgIpc) is 3.33. The zero-order valence-corrected chi connectivity index (χ0v) is 17.9. The third-order valence-electron chi connectivity index (χ3n) is 4.65. The van der Waals surface area contributed by atoms with Crippen molar-refractivity contribution in [1.82, 2.24) is 25.6 Å². The predicted octanol–water partition coefficient (Wildman–Crippen LogP) is 2.62. The molecule has 0 unspecified atom stereocenters. The Morgan fingerprint density at radius 2 is 1.74 bits per heavy atom. The summed E-state index contributed by atoms with van der Waals surface area (Å²) in [5, 5.41) is 25.1. The van der Waals surface area contributed by atoms with E-state index in [1.165, 1.54) is 11.0 Å². The van der Waals surface area contributed by atoms with E-state index in [1.807, 2.05) is 42.5 Å². The van der Waals surface area contributed by atoms with Gasteiger partial charge >= 0.3 is 5.97 Å². The molecule has 0 bridgehead atoms. The Labute approximate surface area is 194 Å². The third kappa shape index (κ3) is 6.10. The number of nitrogens with one attached hydrogen (secondary N) is 1. The molecule has 0 saturated carbocycles. The lowest BCUT2D eigenvalue weighted by molar-refractivity contribution is -0.139. The first kappa shape index (κ1) is 22.3. The van der Waals surface area contributed by atoms with Gasteiger partial charge in [-0.05, 0) is 52.7 Å². The maximum Gasteiger partial charge on any atom is 0.341 e. The van der Waals surface area contributed by atoms with Crippen LogP contribution in [0.4, 0.5) is 0 Å². The number of benzene rings is 3. The van der Waals surface area contributed by atoms with Crippen LogP contribution in [0.15, 0.2) is 84.0 Å². The first-order chi connectivity index (χ1) is 16.6. The first-order valence-electron chi connectivity index (χ1n) is 10.3. The fraction of sp³-hybridized carbons (Fsp3) is 0.0833. The molecule has 0 aliphatic carbocycles. The Balaban J connectivity index is 1.29. The zero-order valence-electron chi connectivity index (χ0n) is 17.9. The van der Waals surface area contributed by atoms with Gasteiger partial charge in [0.15, 0.2) is 6.61 Å². The molecule has 1 aromatic heterocycles. The van der Waals surface area contributed by atoms with Gasteiger partial charge in [0.25, 0.3) is 5.91 Å². The second-order valence-electron chi connectivity index (χ2n) is 7.16. The lowest BCUT2D eigenvalue weighted by atomic mass is 10.1. The number of tetrazole rings is 1. The van der Waals surface area contributed by atoms with Crippen molar-refractivity contribution < 1.29 is 19.4 Å². The van der Waals surface area contributed by atoms with E-state index in [9.17, 15) is 9.59 Å². The number of aromatic nitrogens is 4. The summed E-state index contributed by atoms with van der Waals surface area (Å²) in [5.41, 5.74) is 5.46. The minimum Gasteiger partial charge on any atom is -0.482 e. The number of ether oxygens (including phenoxy) is 1. The molecule has 0 fully saturated rings. The monoisotopic (exact) mass is 456 g/mol. The van der Waals surface area contributed by atoms with Gasteiger partial charge in [0.2, 0.25) is 5.82 Å². The van der Waals surface area contributed by atoms with Crippen LogP contribution >= 0.6 is 0 Å². The van der Waals surface area contributed by atoms with Gasteiger partial charge in [0.05, 0.1) is 12.8 Å². The molecule has 0 spiro atoms. The number of carbonyl (C=O) groups excluding carboxylic acids is 1. The van der Waals surface area contributed by atoms with E-state index in [-0.39, 0.29) is 5.91 Å². The summed E-state index contributed by atoms with van der Waals surface area (Å²) >= 11 is 0. The highest BCUT2D eigenvalue weighted by molar-refractivity contribution is 5.94. The summed E-state index contributed by atoms with van der Waals surface area (Å²) in [5.74, 6) is -0.416. The summed E-state index contributed by atoms with van der Waals surface area (Å²) in [6.07, 6.45) is 1.48. The van der Waals surface area contributed by atoms with Crippen molar-refractivity contribution >= 4 is 18.1 Å². The Morgan fingerprint density at radius 3 is 2.44 bits per heavy atom. The Bertz CT molecular complexity index is 1290. The van der Waals surface area contributed by atoms with Crippen LogP contribution in [0.3, 0.4) is 0 Å². The van der Waals surface area contributed by atoms with Gasteiger partial charge in [-0.25, -0.2) is 10.2 Å². The molecule has 4 aromatic rings. The molecule has 1 amide bonds. The van der Waals surface area contributed by atoms with Gasteiger partial charge in [-0.1, -0.05) is 42.5 Å². The Hall–Kier alpha value is -4.86. The summed E-state index contributed by atoms with van der Waals surface area (Å²) < 4.78 is 5.06. The van der Waals surface area contributed by atoms with Crippen molar-refractivity contribution in [3.63, 3.8) is 0 Å². The van der Waals surface area contributed by atoms with Crippen LogP contribution in [0.2, 0.25) is 0 Å². The van der Waals surface area contributed by atoms with Crippen LogP contribution in [0.1, 0.15) is 21.5 Å². The van der Waals surface area contributed by atoms with Crippen LogP contribution in [0.25, 0.3) is 11.4 Å². The lowest BCUT2D eigenvalue weighted by Gasteiger charge is -2.04. The number of carbonyl (C=O) groups is 2. The van der Waals surface area contributed by atoms with E-state index in [0.29, 0.717) is 29.2 Å². The van der Waals surface area contributed by atoms with Crippen molar-refractivity contribution in [2.24, 2.45) is 5.10 Å². The number of aliphatic carboxylic acids is 1. The molecule has 10 nitrogen and oxygen atoms in total. The number of amides is 1. The third-order valence-corrected chi connectivity index (χ3v) is 4.65. The van der Waals surface area contributed by atoms with Gasteiger partial charge in [0.1, 0.15) is 5.75 Å². The van der Waals surface area contributed by atoms with E-state index in [1.54, 1.807) is 36.4 Å². The van der Waals surface area contributed by atoms with Gasteiger partial charge in [0, 0.05) is 11.1 Å². The number of carboxylic acids is 1. The van der Waals surface area contributed by atoms with Gasteiger partial charge < -0.3 is 9.84 Å². The maximum atomic E-state index is 12.3. The van der Waals surface area contributed by atoms with Crippen molar-refractivity contribution in [3.8, 4) is 17.1 Å². The Kier molecular flexibility index (Phi) is 6.99. The van der Waals surface area contributed by atoms with Gasteiger partial charge in [-0.3, -0.25) is 4.79 Å². The van der Waals surface area contributed by atoms with Crippen LogP contribution in [-0.2, 0) is 11.3 Å². The summed E-state index contributed by atoms with van der Waals surface area (Å²) in [7, 11) is 0. The fourth-order valence-corrected chi connectivity index (χ4v) is 2.96. The summed E-state index contributed by atoms with van der Waals surface area (Å²) in [6, 6.07) is 23.3. The maximum absolute atomic E-state index is 12.3. The minimum absolute atomic E-state index is 0.352. The minimum atomic E-state index is -1.05. The van der Waals surface area contributed by atoms with E-state index >= 15 is 0 Å². The molecule has 4 rings (SSSR count). The molecule has 34 heavy (non-hydrogen) atoms. The van der Waals surface area contributed by atoms with Crippen LogP contribution in [0.5, 0.6) is 5.75 Å². The van der Waals surface area contributed by atoms with Gasteiger partial charge in [-0.15, -0.1) is 10.2 Å². The average molecular weight is 456 g/mol. The van der Waals surface area contributed by atoms with Crippen LogP contribution in [0, 0.1) is 0 Å². The SMILES string of the molecule is O=C(O)COc1ccc(/C=N/NC(=O)c2ccc(Cn3nnc(-c4ccccc4)n3)cc2)cc1. The van der Waals surface area contributed by atoms with Crippen LogP contribution in [-0.4, -0.2) is 50.0 Å². The zero-order chi connectivity index (χ0) is 23.8. The number of rotatable bonds is 9.